The van der Waals surface area contributed by atoms with E-state index in [1.165, 1.54) is 5.56 Å². The highest BCUT2D eigenvalue weighted by Gasteiger charge is 2.11. The number of hydrogen-bond acceptors (Lipinski definition) is 3. The van der Waals surface area contributed by atoms with Gasteiger partial charge < -0.3 is 15.1 Å². The van der Waals surface area contributed by atoms with Crippen molar-refractivity contribution in [2.75, 3.05) is 13.6 Å². The minimum Gasteiger partial charge on any atom is -0.469 e. The zero-order valence-electron chi connectivity index (χ0n) is 12.0. The Morgan fingerprint density at radius 3 is 2.70 bits per heavy atom. The van der Waals surface area contributed by atoms with E-state index >= 15 is 0 Å². The fraction of sp³-hybridized carbons (Fsp3) is 0.375. The first kappa shape index (κ1) is 15.1. The molecule has 1 unspecified atom stereocenters. The van der Waals surface area contributed by atoms with Gasteiger partial charge in [-0.3, -0.25) is 0 Å². The second kappa shape index (κ2) is 6.93. The third-order valence-corrected chi connectivity index (χ3v) is 3.88. The summed E-state index contributed by atoms with van der Waals surface area (Å²) in [6, 6.07) is 9.76. The number of nitrogens with two attached hydrogens (primary N) is 1. The molecule has 4 heteroatoms. The molecule has 1 aromatic carbocycles. The summed E-state index contributed by atoms with van der Waals surface area (Å²) >= 11 is 6.16. The molecule has 108 valence electrons. The van der Waals surface area contributed by atoms with Crippen molar-refractivity contribution < 1.29 is 4.42 Å². The Labute approximate surface area is 125 Å². The van der Waals surface area contributed by atoms with Crippen molar-refractivity contribution in [1.82, 2.24) is 4.90 Å². The summed E-state index contributed by atoms with van der Waals surface area (Å²) in [7, 11) is 2.09. The van der Waals surface area contributed by atoms with Gasteiger partial charge in [0.15, 0.2) is 0 Å². The lowest BCUT2D eigenvalue weighted by Gasteiger charge is -2.20. The van der Waals surface area contributed by atoms with Crippen molar-refractivity contribution in [2.24, 2.45) is 5.73 Å². The minimum atomic E-state index is -0.0309. The Morgan fingerprint density at radius 1 is 1.30 bits per heavy atom. The summed E-state index contributed by atoms with van der Waals surface area (Å²) in [5, 5.41) is 0.744. The van der Waals surface area contributed by atoms with Crippen molar-refractivity contribution >= 4 is 11.6 Å². The van der Waals surface area contributed by atoms with Crippen LogP contribution in [0, 0.1) is 6.92 Å². The van der Waals surface area contributed by atoms with Crippen LogP contribution < -0.4 is 5.73 Å². The predicted molar refractivity (Wildman–Crippen MR) is 82.8 cm³/mol. The van der Waals surface area contributed by atoms with E-state index in [2.05, 4.69) is 11.9 Å². The number of rotatable bonds is 6. The molecule has 1 atom stereocenters. The van der Waals surface area contributed by atoms with Crippen molar-refractivity contribution in [2.45, 2.75) is 25.9 Å². The van der Waals surface area contributed by atoms with E-state index in [-0.39, 0.29) is 6.04 Å². The Morgan fingerprint density at radius 2 is 2.05 bits per heavy atom. The molecule has 0 aliphatic heterocycles. The maximum atomic E-state index is 6.22. The quantitative estimate of drug-likeness (QED) is 0.881. The zero-order chi connectivity index (χ0) is 14.5. The number of hydrogen-bond donors (Lipinski definition) is 1. The van der Waals surface area contributed by atoms with E-state index in [1.54, 1.807) is 6.26 Å². The van der Waals surface area contributed by atoms with Gasteiger partial charge in [0.2, 0.25) is 0 Å². The fourth-order valence-corrected chi connectivity index (χ4v) is 2.51. The van der Waals surface area contributed by atoms with Gasteiger partial charge in [0.25, 0.3) is 0 Å². The molecular weight excluding hydrogens is 272 g/mol. The maximum Gasteiger partial charge on any atom is 0.105 e. The lowest BCUT2D eigenvalue weighted by Crippen LogP contribution is -2.23. The molecule has 0 saturated carbocycles. The Kier molecular flexibility index (Phi) is 5.24. The van der Waals surface area contributed by atoms with Crippen LogP contribution in [0.25, 0.3) is 0 Å². The molecule has 2 rings (SSSR count). The van der Waals surface area contributed by atoms with Crippen LogP contribution in [-0.4, -0.2) is 18.5 Å². The van der Waals surface area contributed by atoms with E-state index < -0.39 is 0 Å². The SMILES string of the molecule is Cc1occc1CN(C)CCC(N)c1ccccc1Cl. The van der Waals surface area contributed by atoms with E-state index in [0.717, 1.165) is 35.9 Å². The molecule has 0 radical (unpaired) electrons. The summed E-state index contributed by atoms with van der Waals surface area (Å²) in [5.74, 6) is 0.979. The fourth-order valence-electron chi connectivity index (χ4n) is 2.24. The van der Waals surface area contributed by atoms with Gasteiger partial charge >= 0.3 is 0 Å². The van der Waals surface area contributed by atoms with Gasteiger partial charge in [-0.25, -0.2) is 0 Å². The molecule has 0 aliphatic rings. The van der Waals surface area contributed by atoms with E-state index in [1.807, 2.05) is 37.3 Å². The largest absolute Gasteiger partial charge is 0.469 e. The second-order valence-electron chi connectivity index (χ2n) is 5.16. The van der Waals surface area contributed by atoms with Gasteiger partial charge in [0, 0.05) is 23.2 Å². The molecular formula is C16H21ClN2O. The molecule has 3 nitrogen and oxygen atoms in total. The average Bonchev–Trinajstić information content (AvgIpc) is 2.82. The number of furan rings is 1. The van der Waals surface area contributed by atoms with Gasteiger partial charge in [0.1, 0.15) is 5.76 Å². The first-order chi connectivity index (χ1) is 9.58. The summed E-state index contributed by atoms with van der Waals surface area (Å²) in [4.78, 5) is 2.24. The lowest BCUT2D eigenvalue weighted by molar-refractivity contribution is 0.309. The molecule has 0 aliphatic carbocycles. The number of nitrogens with zero attached hydrogens (tertiary/aromatic N) is 1. The van der Waals surface area contributed by atoms with Gasteiger partial charge in [-0.05, 0) is 44.6 Å². The summed E-state index contributed by atoms with van der Waals surface area (Å²) < 4.78 is 5.31. The first-order valence-electron chi connectivity index (χ1n) is 6.79. The molecule has 20 heavy (non-hydrogen) atoms. The molecule has 0 fully saturated rings. The highest BCUT2D eigenvalue weighted by molar-refractivity contribution is 6.31. The topological polar surface area (TPSA) is 42.4 Å². The van der Waals surface area contributed by atoms with E-state index in [0.29, 0.717) is 0 Å². The first-order valence-corrected chi connectivity index (χ1v) is 7.17. The van der Waals surface area contributed by atoms with Gasteiger partial charge in [-0.15, -0.1) is 0 Å². The van der Waals surface area contributed by atoms with Crippen molar-refractivity contribution in [1.29, 1.82) is 0 Å². The molecule has 2 N–H and O–H groups in total. The molecule has 1 heterocycles. The maximum absolute atomic E-state index is 6.22. The van der Waals surface area contributed by atoms with Crippen LogP contribution in [0.15, 0.2) is 41.0 Å². The highest BCUT2D eigenvalue weighted by Crippen LogP contribution is 2.23. The smallest absolute Gasteiger partial charge is 0.105 e. The van der Waals surface area contributed by atoms with Crippen molar-refractivity contribution in [3.8, 4) is 0 Å². The van der Waals surface area contributed by atoms with Crippen LogP contribution in [0.4, 0.5) is 0 Å². The van der Waals surface area contributed by atoms with Crippen LogP contribution in [-0.2, 0) is 6.54 Å². The van der Waals surface area contributed by atoms with Gasteiger partial charge in [-0.2, -0.15) is 0 Å². The highest BCUT2D eigenvalue weighted by atomic mass is 35.5. The van der Waals surface area contributed by atoms with Crippen molar-refractivity contribution in [3.05, 3.63) is 58.5 Å². The van der Waals surface area contributed by atoms with Crippen LogP contribution >= 0.6 is 11.6 Å². The van der Waals surface area contributed by atoms with Crippen LogP contribution in [0.1, 0.15) is 29.3 Å². The summed E-state index contributed by atoms with van der Waals surface area (Å²) in [5.41, 5.74) is 8.45. The van der Waals surface area contributed by atoms with Crippen LogP contribution in [0.2, 0.25) is 5.02 Å². The number of benzene rings is 1. The summed E-state index contributed by atoms with van der Waals surface area (Å²) in [6.45, 7) is 3.77. The lowest BCUT2D eigenvalue weighted by atomic mass is 10.0. The van der Waals surface area contributed by atoms with E-state index in [4.69, 9.17) is 21.8 Å². The normalized spacial score (nSPS) is 12.8. The van der Waals surface area contributed by atoms with E-state index in [9.17, 15) is 0 Å². The number of halogens is 1. The summed E-state index contributed by atoms with van der Waals surface area (Å²) in [6.07, 6.45) is 2.60. The average molecular weight is 293 g/mol. The Bertz CT molecular complexity index is 553. The second-order valence-corrected chi connectivity index (χ2v) is 5.56. The molecule has 0 spiro atoms. The molecule has 0 saturated heterocycles. The molecule has 1 aromatic heterocycles. The Balaban J connectivity index is 1.86. The Hall–Kier alpha value is -1.29. The van der Waals surface area contributed by atoms with Gasteiger partial charge in [-0.1, -0.05) is 29.8 Å². The monoisotopic (exact) mass is 292 g/mol. The molecule has 0 amide bonds. The minimum absolute atomic E-state index is 0.0309. The van der Waals surface area contributed by atoms with Crippen LogP contribution in [0.3, 0.4) is 0 Å². The van der Waals surface area contributed by atoms with Crippen molar-refractivity contribution in [3.63, 3.8) is 0 Å². The standard InChI is InChI=1S/C16H21ClN2O/c1-12-13(8-10-20-12)11-19(2)9-7-16(18)14-5-3-4-6-15(14)17/h3-6,8,10,16H,7,9,11,18H2,1-2H3. The number of aryl methyl sites for hydroxylation is 1. The molecule has 2 aromatic rings. The van der Waals surface area contributed by atoms with Crippen LogP contribution in [0.5, 0.6) is 0 Å². The third-order valence-electron chi connectivity index (χ3n) is 3.53. The molecule has 0 bridgehead atoms. The van der Waals surface area contributed by atoms with Gasteiger partial charge in [0.05, 0.1) is 6.26 Å². The third kappa shape index (κ3) is 3.85. The predicted octanol–water partition coefficient (Wildman–Crippen LogP) is 3.76. The zero-order valence-corrected chi connectivity index (χ0v) is 12.7.